The second-order valence-corrected chi connectivity index (χ2v) is 5.60. The molecule has 2 aromatic heterocycles. The summed E-state index contributed by atoms with van der Waals surface area (Å²) in [4.78, 5) is 30.2. The molecule has 0 fully saturated rings. The Morgan fingerprint density at radius 3 is 2.48 bits per heavy atom. The average Bonchev–Trinajstić information content (AvgIpc) is 2.70. The summed E-state index contributed by atoms with van der Waals surface area (Å²) in [5, 5.41) is 11.1. The molecule has 0 aliphatic rings. The molecule has 0 aliphatic heterocycles. The molecule has 8 nitrogen and oxygen atoms in total. The van der Waals surface area contributed by atoms with Crippen LogP contribution >= 0.6 is 0 Å². The Bertz CT molecular complexity index is 1160. The topological polar surface area (TPSA) is 109 Å². The van der Waals surface area contributed by atoms with E-state index in [9.17, 15) is 4.79 Å². The third-order valence-electron chi connectivity index (χ3n) is 3.85. The Morgan fingerprint density at radius 2 is 1.74 bits per heavy atom. The van der Waals surface area contributed by atoms with Crippen molar-refractivity contribution in [3.63, 3.8) is 0 Å². The first-order valence-electron chi connectivity index (χ1n) is 8.08. The monoisotopic (exact) mass is 363 g/mol. The molecule has 136 valence electrons. The smallest absolute Gasteiger partial charge is 0.266 e. The van der Waals surface area contributed by atoms with Gasteiger partial charge < -0.3 is 5.32 Å². The van der Waals surface area contributed by atoms with Crippen molar-refractivity contribution in [1.29, 1.82) is 0 Å². The number of nitrogens with zero attached hydrogens (tertiary/aromatic N) is 3. The Kier molecular flexibility index (Phi) is 5.38. The van der Waals surface area contributed by atoms with E-state index in [1.165, 1.54) is 9.88 Å². The molecule has 3 N–H and O–H groups in total. The fourth-order valence-corrected chi connectivity index (χ4v) is 2.56. The van der Waals surface area contributed by atoms with Crippen molar-refractivity contribution >= 4 is 34.6 Å². The van der Waals surface area contributed by atoms with Crippen molar-refractivity contribution < 1.29 is 10.0 Å². The normalized spacial score (nSPS) is 10.1. The van der Waals surface area contributed by atoms with Crippen LogP contribution in [0.3, 0.4) is 0 Å². The zero-order valence-corrected chi connectivity index (χ0v) is 14.5. The van der Waals surface area contributed by atoms with Gasteiger partial charge >= 0.3 is 0 Å². The van der Waals surface area contributed by atoms with E-state index in [1.54, 1.807) is 18.3 Å². The lowest BCUT2D eigenvalue weighted by molar-refractivity contribution is -0.116. The SMILES string of the molecule is Cc1ccccc1Nc1ccn2c(=O)c3ccccc3nc2n1.O=CNO. The third-order valence-corrected chi connectivity index (χ3v) is 3.85. The van der Waals surface area contributed by atoms with E-state index in [4.69, 9.17) is 10.0 Å². The van der Waals surface area contributed by atoms with Gasteiger partial charge in [-0.3, -0.25) is 19.2 Å². The van der Waals surface area contributed by atoms with Crippen LogP contribution in [-0.2, 0) is 4.79 Å². The predicted molar refractivity (Wildman–Crippen MR) is 102 cm³/mol. The number of carbonyl (C=O) groups is 1. The first-order valence-corrected chi connectivity index (χ1v) is 8.08. The van der Waals surface area contributed by atoms with Gasteiger partial charge in [-0.1, -0.05) is 30.3 Å². The molecule has 0 atom stereocenters. The number of amides is 1. The van der Waals surface area contributed by atoms with Gasteiger partial charge in [0.2, 0.25) is 12.2 Å². The van der Waals surface area contributed by atoms with Crippen LogP contribution in [0, 0.1) is 6.92 Å². The Morgan fingerprint density at radius 1 is 1.04 bits per heavy atom. The maximum Gasteiger partial charge on any atom is 0.266 e. The van der Waals surface area contributed by atoms with Gasteiger partial charge in [0.15, 0.2) is 0 Å². The van der Waals surface area contributed by atoms with Crippen molar-refractivity contribution in [3.8, 4) is 0 Å². The number of hydrogen-bond acceptors (Lipinski definition) is 6. The van der Waals surface area contributed by atoms with Gasteiger partial charge in [0.05, 0.1) is 10.9 Å². The molecular weight excluding hydrogens is 346 g/mol. The van der Waals surface area contributed by atoms with E-state index >= 15 is 0 Å². The molecular formula is C19H17N5O3. The number of aromatic nitrogens is 3. The fourth-order valence-electron chi connectivity index (χ4n) is 2.56. The number of fused-ring (bicyclic) bond motifs is 2. The summed E-state index contributed by atoms with van der Waals surface area (Å²) in [5.74, 6) is 1.04. The zero-order valence-electron chi connectivity index (χ0n) is 14.5. The summed E-state index contributed by atoms with van der Waals surface area (Å²) in [7, 11) is 0. The van der Waals surface area contributed by atoms with Crippen molar-refractivity contribution in [2.45, 2.75) is 6.92 Å². The van der Waals surface area contributed by atoms with Crippen LogP contribution in [0.2, 0.25) is 0 Å². The second kappa shape index (κ2) is 8.07. The predicted octanol–water partition coefficient (Wildman–Crippen LogP) is 2.42. The van der Waals surface area contributed by atoms with Gasteiger partial charge in [-0.25, -0.2) is 10.5 Å². The third kappa shape index (κ3) is 3.91. The van der Waals surface area contributed by atoms with Crippen LogP contribution in [0.25, 0.3) is 16.7 Å². The number of hydrogen-bond donors (Lipinski definition) is 3. The molecule has 2 aromatic carbocycles. The molecule has 0 saturated heterocycles. The molecule has 0 bridgehead atoms. The van der Waals surface area contributed by atoms with Gasteiger partial charge in [0.25, 0.3) is 5.56 Å². The van der Waals surface area contributed by atoms with E-state index in [0.29, 0.717) is 22.5 Å². The molecule has 4 rings (SSSR count). The molecule has 27 heavy (non-hydrogen) atoms. The Labute approximate surface area is 154 Å². The van der Waals surface area contributed by atoms with Crippen LogP contribution in [-0.4, -0.2) is 26.0 Å². The number of para-hydroxylation sites is 2. The van der Waals surface area contributed by atoms with Crippen LogP contribution < -0.4 is 16.4 Å². The molecule has 2 heterocycles. The highest BCUT2D eigenvalue weighted by Gasteiger charge is 2.07. The van der Waals surface area contributed by atoms with Crippen molar-refractivity contribution in [1.82, 2.24) is 19.8 Å². The molecule has 8 heteroatoms. The summed E-state index contributed by atoms with van der Waals surface area (Å²) < 4.78 is 1.46. The molecule has 1 amide bonds. The van der Waals surface area contributed by atoms with Gasteiger partial charge in [0, 0.05) is 11.9 Å². The summed E-state index contributed by atoms with van der Waals surface area (Å²) in [5.41, 5.74) is 3.89. The number of aryl methyl sites for hydroxylation is 1. The largest absolute Gasteiger partial charge is 0.340 e. The number of carbonyl (C=O) groups excluding carboxylic acids is 1. The van der Waals surface area contributed by atoms with Crippen LogP contribution in [0.15, 0.2) is 65.6 Å². The van der Waals surface area contributed by atoms with Gasteiger partial charge in [-0.05, 0) is 36.8 Å². The van der Waals surface area contributed by atoms with E-state index < -0.39 is 0 Å². The van der Waals surface area contributed by atoms with Gasteiger partial charge in [0.1, 0.15) is 5.82 Å². The lowest BCUT2D eigenvalue weighted by atomic mass is 10.2. The highest BCUT2D eigenvalue weighted by atomic mass is 16.5. The number of benzene rings is 2. The zero-order chi connectivity index (χ0) is 19.2. The molecule has 0 spiro atoms. The summed E-state index contributed by atoms with van der Waals surface area (Å²) >= 11 is 0. The molecule has 0 saturated carbocycles. The van der Waals surface area contributed by atoms with Gasteiger partial charge in [-0.15, -0.1) is 0 Å². The van der Waals surface area contributed by atoms with E-state index in [2.05, 4.69) is 15.3 Å². The molecule has 4 aromatic rings. The first-order chi connectivity index (χ1) is 13.1. The van der Waals surface area contributed by atoms with Crippen molar-refractivity contribution in [2.24, 2.45) is 0 Å². The van der Waals surface area contributed by atoms with Crippen molar-refractivity contribution in [2.75, 3.05) is 5.32 Å². The molecule has 0 aliphatic carbocycles. The van der Waals surface area contributed by atoms with Gasteiger partial charge in [-0.2, -0.15) is 4.98 Å². The number of anilines is 2. The molecule has 0 radical (unpaired) electrons. The number of hydroxylamine groups is 1. The quantitative estimate of drug-likeness (QED) is 0.223. The minimum absolute atomic E-state index is 0.111. The highest BCUT2D eigenvalue weighted by molar-refractivity contribution is 5.79. The Balaban J connectivity index is 0.000000481. The number of rotatable bonds is 3. The highest BCUT2D eigenvalue weighted by Crippen LogP contribution is 2.18. The first kappa shape index (κ1) is 18.0. The van der Waals surface area contributed by atoms with Crippen LogP contribution in [0.4, 0.5) is 11.5 Å². The van der Waals surface area contributed by atoms with E-state index in [1.807, 2.05) is 49.4 Å². The minimum atomic E-state index is -0.111. The van der Waals surface area contributed by atoms with Crippen LogP contribution in [0.1, 0.15) is 5.56 Å². The van der Waals surface area contributed by atoms with Crippen LogP contribution in [0.5, 0.6) is 0 Å². The summed E-state index contributed by atoms with van der Waals surface area (Å²) in [6.45, 7) is 2.03. The maximum absolute atomic E-state index is 12.5. The summed E-state index contributed by atoms with van der Waals surface area (Å²) in [6.07, 6.45) is 1.88. The minimum Gasteiger partial charge on any atom is -0.340 e. The maximum atomic E-state index is 12.5. The Hall–Kier alpha value is -3.78. The lowest BCUT2D eigenvalue weighted by Crippen LogP contribution is -2.16. The fraction of sp³-hybridized carbons (Fsp3) is 0.0526. The average molecular weight is 363 g/mol. The second-order valence-electron chi connectivity index (χ2n) is 5.60. The molecule has 0 unspecified atom stereocenters. The standard InChI is InChI=1S/C18H14N4O.CH3NO2/c1-12-6-2-4-8-14(12)19-16-10-11-22-17(23)13-7-3-5-9-15(13)20-18(22)21-16;3-1-2-4/h2-11H,1H3,(H,19,20,21);1,4H,(H,2,3). The van der Waals surface area contributed by atoms with E-state index in [-0.39, 0.29) is 12.0 Å². The number of nitrogens with one attached hydrogen (secondary N) is 2. The lowest BCUT2D eigenvalue weighted by Gasteiger charge is -2.09. The van der Waals surface area contributed by atoms with Crippen molar-refractivity contribution in [3.05, 3.63) is 76.7 Å². The summed E-state index contributed by atoms with van der Waals surface area (Å²) in [6, 6.07) is 17.0. The van der Waals surface area contributed by atoms with E-state index in [0.717, 1.165) is 11.3 Å².